The molecule has 1 aromatic carbocycles. The Balaban J connectivity index is 1.95. The lowest BCUT2D eigenvalue weighted by molar-refractivity contribution is -0.870. The van der Waals surface area contributed by atoms with Gasteiger partial charge >= 0.3 is 5.69 Å². The number of nitro benzene ring substituents is 1. The van der Waals surface area contributed by atoms with Crippen molar-refractivity contribution in [1.82, 2.24) is 10.3 Å². The van der Waals surface area contributed by atoms with E-state index in [9.17, 15) is 19.6 Å². The molecule has 0 saturated carbocycles. The average molecular weight is 375 g/mol. The molecule has 0 radical (unpaired) electrons. The second kappa shape index (κ2) is 7.42. The van der Waals surface area contributed by atoms with Crippen molar-refractivity contribution in [2.45, 2.75) is 0 Å². The van der Waals surface area contributed by atoms with Gasteiger partial charge in [-0.05, 0) is 16.4 Å². The molecule has 1 aromatic heterocycles. The van der Waals surface area contributed by atoms with E-state index in [0.717, 1.165) is 0 Å². The van der Waals surface area contributed by atoms with Crippen LogP contribution in [0.25, 0.3) is 11.0 Å². The van der Waals surface area contributed by atoms with Crippen LogP contribution in [0.1, 0.15) is 0 Å². The second-order valence-corrected chi connectivity index (χ2v) is 7.51. The van der Waals surface area contributed by atoms with Crippen molar-refractivity contribution in [3.63, 3.8) is 0 Å². The van der Waals surface area contributed by atoms with Crippen LogP contribution in [0.2, 0.25) is 0 Å². The Morgan fingerprint density at radius 3 is 2.60 bits per heavy atom. The summed E-state index contributed by atoms with van der Waals surface area (Å²) in [5.41, 5.74) is 0.0260. The first-order valence-electron chi connectivity index (χ1n) is 7.13. The van der Waals surface area contributed by atoms with Crippen LogP contribution >= 0.6 is 7.82 Å². The molecule has 0 aliphatic carbocycles. The molecule has 1 atom stereocenters. The lowest BCUT2D eigenvalue weighted by atomic mass is 10.2. The topological polar surface area (TPSA) is 153 Å². The van der Waals surface area contributed by atoms with Crippen molar-refractivity contribution in [2.75, 3.05) is 46.3 Å². The number of anilines is 1. The molecule has 0 bridgehead atoms. The van der Waals surface area contributed by atoms with Crippen molar-refractivity contribution in [3.05, 3.63) is 22.2 Å². The molecule has 0 aliphatic heterocycles. The lowest BCUT2D eigenvalue weighted by Crippen LogP contribution is -2.37. The van der Waals surface area contributed by atoms with Crippen LogP contribution in [0.3, 0.4) is 0 Å². The van der Waals surface area contributed by atoms with Gasteiger partial charge in [0.25, 0.3) is 7.82 Å². The van der Waals surface area contributed by atoms with Gasteiger partial charge in [0.05, 0.1) is 31.8 Å². The van der Waals surface area contributed by atoms with Gasteiger partial charge in [-0.15, -0.1) is 0 Å². The number of nitrogens with zero attached hydrogens (tertiary/aromatic N) is 4. The summed E-state index contributed by atoms with van der Waals surface area (Å²) in [5, 5.41) is 20.6. The zero-order chi connectivity index (χ0) is 18.7. The number of nitro groups is 1. The fourth-order valence-electron chi connectivity index (χ4n) is 1.80. The lowest BCUT2D eigenvalue weighted by Gasteiger charge is -2.27. The summed E-state index contributed by atoms with van der Waals surface area (Å²) in [6.07, 6.45) is 0. The molecular weight excluding hydrogens is 357 g/mol. The molecule has 138 valence electrons. The molecule has 1 unspecified atom stereocenters. The molecule has 0 amide bonds. The minimum atomic E-state index is -4.48. The summed E-state index contributed by atoms with van der Waals surface area (Å²) in [6, 6.07) is 2.55. The second-order valence-electron chi connectivity index (χ2n) is 6.10. The molecule has 2 aromatic rings. The minimum Gasteiger partial charge on any atom is -0.756 e. The predicted molar refractivity (Wildman–Crippen MR) is 84.5 cm³/mol. The zero-order valence-electron chi connectivity index (χ0n) is 13.9. The molecule has 0 spiro atoms. The number of aromatic nitrogens is 2. The number of quaternary nitrogens is 1. The Kier molecular flexibility index (Phi) is 5.70. The van der Waals surface area contributed by atoms with E-state index in [2.05, 4.69) is 20.3 Å². The molecule has 0 fully saturated rings. The minimum absolute atomic E-state index is 0.0146. The number of fused-ring (bicyclic) bond motifs is 1. The third-order valence-electron chi connectivity index (χ3n) is 3.09. The molecule has 1 heterocycles. The van der Waals surface area contributed by atoms with Crippen LogP contribution in [0.15, 0.2) is 16.8 Å². The quantitative estimate of drug-likeness (QED) is 0.218. The molecule has 0 aliphatic rings. The zero-order valence-corrected chi connectivity index (χ0v) is 14.8. The number of phosphoric acid groups is 1. The van der Waals surface area contributed by atoms with Crippen molar-refractivity contribution < 1.29 is 32.5 Å². The van der Waals surface area contributed by atoms with Crippen molar-refractivity contribution in [3.8, 4) is 0 Å². The Morgan fingerprint density at radius 2 is 1.96 bits per heavy atom. The summed E-state index contributed by atoms with van der Waals surface area (Å²) in [4.78, 5) is 21.9. The fourth-order valence-corrected chi connectivity index (χ4v) is 2.40. The number of hydrogen-bond donors (Lipinski definition) is 1. The smallest absolute Gasteiger partial charge is 0.300 e. The highest BCUT2D eigenvalue weighted by molar-refractivity contribution is 7.45. The first kappa shape index (κ1) is 19.2. The fraction of sp³-hybridized carbons (Fsp3) is 0.500. The van der Waals surface area contributed by atoms with E-state index < -0.39 is 19.5 Å². The number of hydrogen-bond acceptors (Lipinski definition) is 10. The van der Waals surface area contributed by atoms with E-state index in [-0.39, 0.29) is 29.0 Å². The van der Waals surface area contributed by atoms with Gasteiger partial charge < -0.3 is 19.2 Å². The largest absolute Gasteiger partial charge is 0.756 e. The van der Waals surface area contributed by atoms with Crippen LogP contribution in [0.5, 0.6) is 0 Å². The maximum Gasteiger partial charge on any atom is 0.300 e. The van der Waals surface area contributed by atoms with Gasteiger partial charge in [0.15, 0.2) is 5.52 Å². The molecule has 0 saturated heterocycles. The summed E-state index contributed by atoms with van der Waals surface area (Å²) in [6.45, 7) is 0.0286. The molecule has 25 heavy (non-hydrogen) atoms. The molecule has 13 heteroatoms. The van der Waals surface area contributed by atoms with Crippen LogP contribution in [0, 0.1) is 10.1 Å². The number of rotatable bonds is 9. The normalized spacial score (nSPS) is 14.4. The Hall–Kier alpha value is -2.11. The summed E-state index contributed by atoms with van der Waals surface area (Å²) in [7, 11) is 1.21. The third-order valence-corrected chi connectivity index (χ3v) is 4.03. The van der Waals surface area contributed by atoms with Gasteiger partial charge in [-0.25, -0.2) is 4.63 Å². The number of likely N-dealkylation sites (N-methyl/N-ethyl adjacent to an activating group) is 1. The molecule has 2 rings (SSSR count). The van der Waals surface area contributed by atoms with E-state index in [0.29, 0.717) is 11.0 Å². The highest BCUT2D eigenvalue weighted by Gasteiger charge is 2.20. The highest BCUT2D eigenvalue weighted by Crippen LogP contribution is 2.38. The standard InChI is InChI=1S/C12H18N5O7P/c1-17(2,3)6-7-22-25(20,21)23-8-13-9-4-5-10(16(18)19)12-11(9)14-24-15-12/h4-5,13H,6-8H2,1-3H3. The maximum absolute atomic E-state index is 11.7. The molecular formula is C12H18N5O7P. The number of benzene rings is 1. The van der Waals surface area contributed by atoms with Crippen LogP contribution < -0.4 is 10.2 Å². The monoisotopic (exact) mass is 375 g/mol. The summed E-state index contributed by atoms with van der Waals surface area (Å²) in [5.74, 6) is 0. The van der Waals surface area contributed by atoms with Crippen molar-refractivity contribution in [2.24, 2.45) is 0 Å². The first-order valence-corrected chi connectivity index (χ1v) is 8.59. The van der Waals surface area contributed by atoms with Gasteiger partial charge in [-0.1, -0.05) is 0 Å². The summed E-state index contributed by atoms with van der Waals surface area (Å²) >= 11 is 0. The Labute approximate surface area is 142 Å². The Morgan fingerprint density at radius 1 is 1.28 bits per heavy atom. The summed E-state index contributed by atoms with van der Waals surface area (Å²) < 4.78 is 26.2. The van der Waals surface area contributed by atoms with Gasteiger partial charge in [0, 0.05) is 6.07 Å². The number of phosphoric ester groups is 1. The maximum atomic E-state index is 11.7. The van der Waals surface area contributed by atoms with Crippen molar-refractivity contribution >= 4 is 30.2 Å². The van der Waals surface area contributed by atoms with E-state index in [4.69, 9.17) is 9.05 Å². The van der Waals surface area contributed by atoms with E-state index >= 15 is 0 Å². The SMILES string of the molecule is C[N+](C)(C)CCOP(=O)([O-])OCNc1ccc([N+](=O)[O-])c2nonc12. The van der Waals surface area contributed by atoms with Gasteiger partial charge in [0.2, 0.25) is 5.52 Å². The van der Waals surface area contributed by atoms with E-state index in [1.54, 1.807) is 0 Å². The van der Waals surface area contributed by atoms with Crippen molar-refractivity contribution in [1.29, 1.82) is 0 Å². The van der Waals surface area contributed by atoms with E-state index in [1.807, 2.05) is 21.1 Å². The van der Waals surface area contributed by atoms with Crippen LogP contribution in [-0.2, 0) is 13.6 Å². The van der Waals surface area contributed by atoms with Gasteiger partial charge in [-0.2, -0.15) is 0 Å². The number of non-ortho nitro benzene ring substituents is 1. The average Bonchev–Trinajstić information content (AvgIpc) is 2.94. The van der Waals surface area contributed by atoms with E-state index in [1.165, 1.54) is 12.1 Å². The number of nitrogens with one attached hydrogen (secondary N) is 1. The van der Waals surface area contributed by atoms with Crippen LogP contribution in [-0.4, -0.2) is 60.7 Å². The van der Waals surface area contributed by atoms with Gasteiger partial charge in [0.1, 0.15) is 19.9 Å². The molecule has 1 N–H and O–H groups in total. The highest BCUT2D eigenvalue weighted by atomic mass is 31.2. The third kappa shape index (κ3) is 5.44. The van der Waals surface area contributed by atoms with Crippen LogP contribution in [0.4, 0.5) is 11.4 Å². The molecule has 12 nitrogen and oxygen atoms in total. The van der Waals surface area contributed by atoms with Gasteiger partial charge in [-0.3, -0.25) is 19.2 Å². The Bertz CT molecular complexity index is 803. The first-order chi connectivity index (χ1) is 11.6. The predicted octanol–water partition coefficient (Wildman–Crippen LogP) is 0.708.